The van der Waals surface area contributed by atoms with Crippen LogP contribution in [0.5, 0.6) is 0 Å². The maximum absolute atomic E-state index is 12.5. The highest BCUT2D eigenvalue weighted by atomic mass is 16.4. The van der Waals surface area contributed by atoms with Gasteiger partial charge in [-0.05, 0) is 28.8 Å². The van der Waals surface area contributed by atoms with E-state index in [1.165, 1.54) is 0 Å². The van der Waals surface area contributed by atoms with Crippen LogP contribution < -0.4 is 5.32 Å². The molecule has 2 amide bonds. The number of fused-ring (bicyclic) bond motifs is 1. The van der Waals surface area contributed by atoms with Gasteiger partial charge in [-0.3, -0.25) is 9.59 Å². The Bertz CT molecular complexity index is 833. The summed E-state index contributed by atoms with van der Waals surface area (Å²) in [5, 5.41) is 14.1. The van der Waals surface area contributed by atoms with Gasteiger partial charge in [0, 0.05) is 25.9 Å². The molecule has 2 atom stereocenters. The lowest BCUT2D eigenvalue weighted by Crippen LogP contribution is -2.44. The molecule has 0 saturated carbocycles. The molecular formula is C19H20N2O4. The zero-order chi connectivity index (χ0) is 18.0. The van der Waals surface area contributed by atoms with Crippen LogP contribution in [0.1, 0.15) is 24.4 Å². The van der Waals surface area contributed by atoms with Crippen molar-refractivity contribution in [2.75, 3.05) is 13.6 Å². The molecule has 0 aliphatic carbocycles. The fourth-order valence-electron chi connectivity index (χ4n) is 3.10. The molecule has 0 aromatic heterocycles. The van der Waals surface area contributed by atoms with E-state index in [1.54, 1.807) is 24.1 Å². The third kappa shape index (κ3) is 3.63. The predicted octanol–water partition coefficient (Wildman–Crippen LogP) is 1.95. The lowest BCUT2D eigenvalue weighted by Gasteiger charge is -2.28. The van der Waals surface area contributed by atoms with Crippen molar-refractivity contribution in [1.29, 1.82) is 0 Å². The molecule has 0 spiro atoms. The summed E-state index contributed by atoms with van der Waals surface area (Å²) < 4.78 is 0. The van der Waals surface area contributed by atoms with Crippen molar-refractivity contribution in [3.05, 3.63) is 48.0 Å². The molecule has 0 bridgehead atoms. The monoisotopic (exact) mass is 340 g/mol. The highest BCUT2D eigenvalue weighted by Gasteiger charge is 2.31. The molecular weight excluding hydrogens is 320 g/mol. The SMILES string of the molecule is CN1CCC(C(=O)NC(C(=O)O)c2ccc3ccccc3c2)CC1=O. The highest BCUT2D eigenvalue weighted by molar-refractivity contribution is 5.91. The Hall–Kier alpha value is -2.89. The third-order valence-electron chi connectivity index (χ3n) is 4.67. The summed E-state index contributed by atoms with van der Waals surface area (Å²) >= 11 is 0. The van der Waals surface area contributed by atoms with E-state index in [-0.39, 0.29) is 18.2 Å². The number of aliphatic carboxylic acids is 1. The molecule has 2 N–H and O–H groups in total. The zero-order valence-corrected chi connectivity index (χ0v) is 13.9. The fourth-order valence-corrected chi connectivity index (χ4v) is 3.10. The first-order valence-corrected chi connectivity index (χ1v) is 8.21. The van der Waals surface area contributed by atoms with Crippen molar-refractivity contribution in [2.24, 2.45) is 5.92 Å². The van der Waals surface area contributed by atoms with E-state index in [1.807, 2.05) is 30.3 Å². The van der Waals surface area contributed by atoms with Crippen molar-refractivity contribution in [3.63, 3.8) is 0 Å². The Balaban J connectivity index is 1.79. The number of hydrogen-bond acceptors (Lipinski definition) is 3. The van der Waals surface area contributed by atoms with E-state index in [0.29, 0.717) is 18.5 Å². The standard InChI is InChI=1S/C19H20N2O4/c1-21-9-8-15(11-16(21)22)18(23)20-17(19(24)25)14-7-6-12-4-2-3-5-13(12)10-14/h2-7,10,15,17H,8-9,11H2,1H3,(H,20,23)(H,24,25). The quantitative estimate of drug-likeness (QED) is 0.891. The van der Waals surface area contributed by atoms with Gasteiger partial charge in [0.05, 0.1) is 0 Å². The minimum absolute atomic E-state index is 0.0935. The maximum atomic E-state index is 12.5. The summed E-state index contributed by atoms with van der Waals surface area (Å²) in [5.41, 5.74) is 0.513. The molecule has 1 heterocycles. The first-order valence-electron chi connectivity index (χ1n) is 8.21. The van der Waals surface area contributed by atoms with Crippen molar-refractivity contribution in [3.8, 4) is 0 Å². The molecule has 1 saturated heterocycles. The Morgan fingerprint density at radius 3 is 2.60 bits per heavy atom. The second-order valence-electron chi connectivity index (χ2n) is 6.39. The second-order valence-corrected chi connectivity index (χ2v) is 6.39. The lowest BCUT2D eigenvalue weighted by molar-refractivity contribution is -0.144. The van der Waals surface area contributed by atoms with Gasteiger partial charge in [-0.25, -0.2) is 4.79 Å². The topological polar surface area (TPSA) is 86.7 Å². The number of piperidine rings is 1. The summed E-state index contributed by atoms with van der Waals surface area (Å²) in [5.74, 6) is -2.08. The van der Waals surface area contributed by atoms with Gasteiger partial charge in [-0.15, -0.1) is 0 Å². The highest BCUT2D eigenvalue weighted by Crippen LogP contribution is 2.23. The average molecular weight is 340 g/mol. The van der Waals surface area contributed by atoms with E-state index in [2.05, 4.69) is 5.32 Å². The van der Waals surface area contributed by atoms with E-state index in [9.17, 15) is 19.5 Å². The predicted molar refractivity (Wildman–Crippen MR) is 92.8 cm³/mol. The van der Waals surface area contributed by atoms with Gasteiger partial charge in [0.15, 0.2) is 6.04 Å². The van der Waals surface area contributed by atoms with Crippen LogP contribution >= 0.6 is 0 Å². The molecule has 25 heavy (non-hydrogen) atoms. The Morgan fingerprint density at radius 2 is 1.92 bits per heavy atom. The molecule has 6 heteroatoms. The number of rotatable bonds is 4. The maximum Gasteiger partial charge on any atom is 0.330 e. The molecule has 6 nitrogen and oxygen atoms in total. The number of hydrogen-bond donors (Lipinski definition) is 2. The largest absolute Gasteiger partial charge is 0.479 e. The van der Waals surface area contributed by atoms with Crippen LogP contribution in [0.3, 0.4) is 0 Å². The van der Waals surface area contributed by atoms with Crippen LogP contribution in [-0.4, -0.2) is 41.4 Å². The summed E-state index contributed by atoms with van der Waals surface area (Å²) in [6.07, 6.45) is 0.657. The van der Waals surface area contributed by atoms with Gasteiger partial charge in [0.2, 0.25) is 11.8 Å². The van der Waals surface area contributed by atoms with E-state index in [0.717, 1.165) is 10.8 Å². The van der Waals surface area contributed by atoms with Crippen molar-refractivity contribution in [1.82, 2.24) is 10.2 Å². The van der Waals surface area contributed by atoms with E-state index >= 15 is 0 Å². The summed E-state index contributed by atoms with van der Waals surface area (Å²) in [4.78, 5) is 37.5. The number of nitrogens with zero attached hydrogens (tertiary/aromatic N) is 1. The fraction of sp³-hybridized carbons (Fsp3) is 0.316. The molecule has 0 radical (unpaired) electrons. The minimum atomic E-state index is -1.13. The van der Waals surface area contributed by atoms with Crippen LogP contribution in [-0.2, 0) is 14.4 Å². The molecule has 1 fully saturated rings. The minimum Gasteiger partial charge on any atom is -0.479 e. The molecule has 1 aliphatic rings. The van der Waals surface area contributed by atoms with Gasteiger partial charge in [-0.2, -0.15) is 0 Å². The smallest absolute Gasteiger partial charge is 0.330 e. The van der Waals surface area contributed by atoms with Crippen LogP contribution in [0.4, 0.5) is 0 Å². The summed E-state index contributed by atoms with van der Waals surface area (Å²) in [6.45, 7) is 0.505. The van der Waals surface area contributed by atoms with Crippen LogP contribution in [0.15, 0.2) is 42.5 Å². The summed E-state index contributed by atoms with van der Waals surface area (Å²) in [6, 6.07) is 11.8. The molecule has 2 aromatic carbocycles. The van der Waals surface area contributed by atoms with E-state index in [4.69, 9.17) is 0 Å². The normalized spacial score (nSPS) is 18.8. The Labute approximate surface area is 145 Å². The van der Waals surface area contributed by atoms with E-state index < -0.39 is 17.9 Å². The molecule has 3 rings (SSSR count). The van der Waals surface area contributed by atoms with Gasteiger partial charge < -0.3 is 15.3 Å². The summed E-state index contributed by atoms with van der Waals surface area (Å²) in [7, 11) is 1.70. The number of nitrogens with one attached hydrogen (secondary N) is 1. The molecule has 1 aliphatic heterocycles. The van der Waals surface area contributed by atoms with Crippen molar-refractivity contribution < 1.29 is 19.5 Å². The molecule has 130 valence electrons. The number of carbonyl (C=O) groups is 3. The van der Waals surface area contributed by atoms with Crippen LogP contribution in [0.2, 0.25) is 0 Å². The van der Waals surface area contributed by atoms with Gasteiger partial charge in [-0.1, -0.05) is 36.4 Å². The van der Waals surface area contributed by atoms with Crippen LogP contribution in [0.25, 0.3) is 10.8 Å². The number of carboxylic acids is 1. The Morgan fingerprint density at radius 1 is 1.20 bits per heavy atom. The van der Waals surface area contributed by atoms with Gasteiger partial charge in [0.1, 0.15) is 0 Å². The second kappa shape index (κ2) is 6.93. The van der Waals surface area contributed by atoms with Crippen LogP contribution in [0, 0.1) is 5.92 Å². The van der Waals surface area contributed by atoms with Gasteiger partial charge >= 0.3 is 5.97 Å². The first kappa shape index (κ1) is 17.0. The lowest BCUT2D eigenvalue weighted by atomic mass is 9.94. The molecule has 2 unspecified atom stereocenters. The van der Waals surface area contributed by atoms with Crippen molar-refractivity contribution in [2.45, 2.75) is 18.9 Å². The average Bonchev–Trinajstić information content (AvgIpc) is 2.61. The number of carbonyl (C=O) groups excluding carboxylic acids is 2. The number of amides is 2. The number of carboxylic acid groups (broad SMARTS) is 1. The molecule has 2 aromatic rings. The van der Waals surface area contributed by atoms with Crippen molar-refractivity contribution >= 4 is 28.6 Å². The zero-order valence-electron chi connectivity index (χ0n) is 13.9. The first-order chi connectivity index (χ1) is 12.0. The number of benzene rings is 2. The number of likely N-dealkylation sites (tertiary alicyclic amines) is 1. The Kier molecular flexibility index (Phi) is 4.70. The van der Waals surface area contributed by atoms with Gasteiger partial charge in [0.25, 0.3) is 0 Å². The third-order valence-corrected chi connectivity index (χ3v) is 4.67.